The van der Waals surface area contributed by atoms with Crippen LogP contribution >= 0.6 is 0 Å². The number of amides is 1. The molecule has 29 heavy (non-hydrogen) atoms. The zero-order chi connectivity index (χ0) is 20.4. The molecular weight excluding hydrogens is 366 g/mol. The summed E-state index contributed by atoms with van der Waals surface area (Å²) in [6, 6.07) is 18.3. The third-order valence-electron chi connectivity index (χ3n) is 4.83. The molecule has 146 valence electrons. The molecule has 0 bridgehead atoms. The van der Waals surface area contributed by atoms with Crippen LogP contribution in [0.3, 0.4) is 0 Å². The molecule has 1 atom stereocenters. The van der Waals surface area contributed by atoms with E-state index < -0.39 is 17.9 Å². The van der Waals surface area contributed by atoms with E-state index in [0.717, 1.165) is 33.1 Å². The number of hydrogen-bond acceptors (Lipinski definition) is 4. The van der Waals surface area contributed by atoms with Gasteiger partial charge in [0.05, 0.1) is 11.2 Å². The number of hydrogen-bond donors (Lipinski definition) is 2. The monoisotopic (exact) mass is 387 g/mol. The van der Waals surface area contributed by atoms with Gasteiger partial charge < -0.3 is 15.0 Å². The number of nitrogens with zero attached hydrogens (tertiary/aromatic N) is 1. The molecule has 0 radical (unpaired) electrons. The number of carbonyl (C=O) groups is 2. The van der Waals surface area contributed by atoms with Gasteiger partial charge in [-0.25, -0.2) is 9.78 Å². The molecule has 4 aromatic rings. The van der Waals surface area contributed by atoms with E-state index in [2.05, 4.69) is 15.3 Å². The first-order valence-corrected chi connectivity index (χ1v) is 9.42. The molecule has 0 unspecified atom stereocenters. The first kappa shape index (κ1) is 18.7. The number of para-hydroxylation sites is 1. The number of aryl methyl sites for hydroxylation is 1. The Hall–Kier alpha value is -3.67. The third kappa shape index (κ3) is 3.82. The molecule has 0 aliphatic carbocycles. The minimum absolute atomic E-state index is 0.165. The maximum Gasteiger partial charge on any atom is 0.328 e. The van der Waals surface area contributed by atoms with Crippen LogP contribution in [0.15, 0.2) is 60.7 Å². The summed E-state index contributed by atoms with van der Waals surface area (Å²) in [4.78, 5) is 32.7. The van der Waals surface area contributed by atoms with Gasteiger partial charge in [-0.05, 0) is 31.5 Å². The van der Waals surface area contributed by atoms with Gasteiger partial charge in [0.15, 0.2) is 0 Å². The average molecular weight is 387 g/mol. The van der Waals surface area contributed by atoms with Gasteiger partial charge >= 0.3 is 5.97 Å². The predicted molar refractivity (Wildman–Crippen MR) is 112 cm³/mol. The lowest BCUT2D eigenvalue weighted by molar-refractivity contribution is -0.146. The van der Waals surface area contributed by atoms with Crippen LogP contribution in [0.25, 0.3) is 21.8 Å². The van der Waals surface area contributed by atoms with Gasteiger partial charge in [-0.1, -0.05) is 48.5 Å². The Morgan fingerprint density at radius 3 is 2.59 bits per heavy atom. The van der Waals surface area contributed by atoms with Crippen molar-refractivity contribution in [2.75, 3.05) is 0 Å². The van der Waals surface area contributed by atoms with Gasteiger partial charge in [-0.2, -0.15) is 0 Å². The highest BCUT2D eigenvalue weighted by molar-refractivity contribution is 6.10. The van der Waals surface area contributed by atoms with Crippen molar-refractivity contribution in [1.29, 1.82) is 0 Å². The molecule has 0 saturated heterocycles. The fraction of sp³-hybridized carbons (Fsp3) is 0.174. The number of H-pyrrole nitrogens is 1. The van der Waals surface area contributed by atoms with Crippen molar-refractivity contribution in [2.45, 2.75) is 26.5 Å². The van der Waals surface area contributed by atoms with Crippen LogP contribution < -0.4 is 5.32 Å². The second-order valence-corrected chi connectivity index (χ2v) is 6.97. The summed E-state index contributed by atoms with van der Waals surface area (Å²) < 4.78 is 5.29. The van der Waals surface area contributed by atoms with E-state index in [4.69, 9.17) is 4.74 Å². The number of fused-ring (bicyclic) bond motifs is 3. The van der Waals surface area contributed by atoms with Crippen LogP contribution in [0.4, 0.5) is 0 Å². The fourth-order valence-electron chi connectivity index (χ4n) is 3.30. The summed E-state index contributed by atoms with van der Waals surface area (Å²) >= 11 is 0. The van der Waals surface area contributed by atoms with Crippen LogP contribution in [0.5, 0.6) is 0 Å². The van der Waals surface area contributed by atoms with Gasteiger partial charge in [0.25, 0.3) is 5.91 Å². The predicted octanol–water partition coefficient (Wildman–Crippen LogP) is 3.89. The van der Waals surface area contributed by atoms with Crippen molar-refractivity contribution in [2.24, 2.45) is 0 Å². The standard InChI is InChI=1S/C23H21N3O3/c1-14-21-18(17-10-6-7-11-19(17)26-21)12-20(24-14)22(27)25-15(2)23(28)29-13-16-8-4-3-5-9-16/h3-12,15,26H,13H2,1-2H3,(H,25,27)/t15-/m0/s1. The number of aromatic nitrogens is 2. The summed E-state index contributed by atoms with van der Waals surface area (Å²) in [7, 11) is 0. The Balaban J connectivity index is 1.49. The Morgan fingerprint density at radius 2 is 1.79 bits per heavy atom. The molecule has 0 fully saturated rings. The highest BCUT2D eigenvalue weighted by Gasteiger charge is 2.20. The Labute approximate surface area is 167 Å². The number of aromatic amines is 1. The number of esters is 1. The maximum atomic E-state index is 12.7. The van der Waals surface area contributed by atoms with Crippen molar-refractivity contribution >= 4 is 33.7 Å². The highest BCUT2D eigenvalue weighted by Crippen LogP contribution is 2.27. The normalized spacial score (nSPS) is 12.1. The molecule has 0 spiro atoms. The number of benzene rings is 2. The smallest absolute Gasteiger partial charge is 0.328 e. The molecule has 6 nitrogen and oxygen atoms in total. The lowest BCUT2D eigenvalue weighted by Crippen LogP contribution is -2.39. The second kappa shape index (κ2) is 7.75. The number of ether oxygens (including phenoxy) is 1. The Morgan fingerprint density at radius 1 is 1.07 bits per heavy atom. The topological polar surface area (TPSA) is 84.1 Å². The van der Waals surface area contributed by atoms with E-state index in [0.29, 0.717) is 0 Å². The van der Waals surface area contributed by atoms with Crippen molar-refractivity contribution in [3.63, 3.8) is 0 Å². The van der Waals surface area contributed by atoms with Gasteiger partial charge in [-0.15, -0.1) is 0 Å². The lowest BCUT2D eigenvalue weighted by Gasteiger charge is -2.13. The quantitative estimate of drug-likeness (QED) is 0.509. The molecular formula is C23H21N3O3. The van der Waals surface area contributed by atoms with Crippen molar-refractivity contribution in [3.05, 3.63) is 77.6 Å². The number of pyridine rings is 1. The summed E-state index contributed by atoms with van der Waals surface area (Å²) in [5, 5.41) is 4.63. The van der Waals surface area contributed by atoms with E-state index in [1.54, 1.807) is 13.0 Å². The van der Waals surface area contributed by atoms with E-state index in [-0.39, 0.29) is 12.3 Å². The Bertz CT molecular complexity index is 1200. The molecule has 6 heteroatoms. The van der Waals surface area contributed by atoms with Gasteiger partial charge in [-0.3, -0.25) is 4.79 Å². The van der Waals surface area contributed by atoms with Crippen LogP contribution in [-0.2, 0) is 16.1 Å². The van der Waals surface area contributed by atoms with Crippen LogP contribution in [0.1, 0.15) is 28.7 Å². The molecule has 4 rings (SSSR count). The summed E-state index contributed by atoms with van der Waals surface area (Å²) in [5.41, 5.74) is 3.77. The number of nitrogens with one attached hydrogen (secondary N) is 2. The zero-order valence-electron chi connectivity index (χ0n) is 16.2. The molecule has 0 saturated carbocycles. The molecule has 2 aromatic heterocycles. The fourth-order valence-corrected chi connectivity index (χ4v) is 3.30. The summed E-state index contributed by atoms with van der Waals surface area (Å²) in [5.74, 6) is -0.906. The molecule has 2 aromatic carbocycles. The van der Waals surface area contributed by atoms with Crippen LogP contribution in [0, 0.1) is 6.92 Å². The van der Waals surface area contributed by atoms with E-state index in [1.807, 2.05) is 61.5 Å². The summed E-state index contributed by atoms with van der Waals surface area (Å²) in [6.07, 6.45) is 0. The molecule has 0 aliphatic heterocycles. The minimum atomic E-state index is -0.785. The number of rotatable bonds is 5. The summed E-state index contributed by atoms with van der Waals surface area (Å²) in [6.45, 7) is 3.62. The van der Waals surface area contributed by atoms with Gasteiger partial charge in [0, 0.05) is 16.3 Å². The number of carbonyl (C=O) groups excluding carboxylic acids is 2. The van der Waals surface area contributed by atoms with E-state index in [1.165, 1.54) is 0 Å². The highest BCUT2D eigenvalue weighted by atomic mass is 16.5. The van der Waals surface area contributed by atoms with Crippen LogP contribution in [-0.4, -0.2) is 27.9 Å². The molecule has 0 aliphatic rings. The largest absolute Gasteiger partial charge is 0.459 e. The van der Waals surface area contributed by atoms with Crippen molar-refractivity contribution in [1.82, 2.24) is 15.3 Å². The van der Waals surface area contributed by atoms with Crippen molar-refractivity contribution < 1.29 is 14.3 Å². The second-order valence-electron chi connectivity index (χ2n) is 6.97. The van der Waals surface area contributed by atoms with E-state index in [9.17, 15) is 9.59 Å². The molecule has 2 heterocycles. The maximum absolute atomic E-state index is 12.7. The third-order valence-corrected chi connectivity index (χ3v) is 4.83. The van der Waals surface area contributed by atoms with Gasteiger partial charge in [0.1, 0.15) is 18.3 Å². The van der Waals surface area contributed by atoms with Crippen molar-refractivity contribution in [3.8, 4) is 0 Å². The minimum Gasteiger partial charge on any atom is -0.459 e. The average Bonchev–Trinajstić information content (AvgIpc) is 3.12. The molecule has 1 amide bonds. The Kier molecular flexibility index (Phi) is 4.99. The van der Waals surface area contributed by atoms with Gasteiger partial charge in [0.2, 0.25) is 0 Å². The first-order valence-electron chi connectivity index (χ1n) is 9.42. The zero-order valence-corrected chi connectivity index (χ0v) is 16.2. The van der Waals surface area contributed by atoms with E-state index >= 15 is 0 Å². The first-order chi connectivity index (χ1) is 14.0. The van der Waals surface area contributed by atoms with Crippen LogP contribution in [0.2, 0.25) is 0 Å². The SMILES string of the molecule is Cc1nc(C(=O)N[C@@H](C)C(=O)OCc2ccccc2)cc2c1[nH]c1ccccc12. The molecule has 2 N–H and O–H groups in total. The lowest BCUT2D eigenvalue weighted by atomic mass is 10.1.